The van der Waals surface area contributed by atoms with Crippen molar-refractivity contribution in [1.29, 1.82) is 0 Å². The van der Waals surface area contributed by atoms with E-state index in [4.69, 9.17) is 19.2 Å². The Labute approximate surface area is 261 Å². The number of aryl methyl sites for hydroxylation is 2. The van der Waals surface area contributed by atoms with Crippen molar-refractivity contribution in [1.82, 2.24) is 24.8 Å². The van der Waals surface area contributed by atoms with Crippen LogP contribution < -0.4 is 10.6 Å². The van der Waals surface area contributed by atoms with Crippen LogP contribution in [0.1, 0.15) is 23.4 Å². The van der Waals surface area contributed by atoms with Crippen LogP contribution in [0, 0.1) is 19.7 Å². The normalized spacial score (nSPS) is 17.0. The van der Waals surface area contributed by atoms with E-state index in [-0.39, 0.29) is 25.3 Å². The number of carbonyl (C=O) groups excluding carboxylic acids is 2. The number of imidazole rings is 1. The summed E-state index contributed by atoms with van der Waals surface area (Å²) in [6.45, 7) is 5.24. The van der Waals surface area contributed by atoms with Gasteiger partial charge in [-0.05, 0) is 44.2 Å². The number of hydrogen-bond acceptors (Lipinski definition) is 9. The van der Waals surface area contributed by atoms with Gasteiger partial charge in [-0.3, -0.25) is 4.90 Å². The maximum Gasteiger partial charge on any atom is 0.410 e. The molecule has 0 spiro atoms. The number of halogens is 1. The van der Waals surface area contributed by atoms with Crippen LogP contribution in [0.2, 0.25) is 0 Å². The Morgan fingerprint density at radius 2 is 1.87 bits per heavy atom. The molecule has 0 radical (unpaired) electrons. The van der Waals surface area contributed by atoms with E-state index in [2.05, 4.69) is 15.6 Å². The molecule has 1 fully saturated rings. The van der Waals surface area contributed by atoms with Crippen LogP contribution in [0.25, 0.3) is 22.3 Å². The lowest BCUT2D eigenvalue weighted by Gasteiger charge is -2.22. The zero-order chi connectivity index (χ0) is 32.1. The fourth-order valence-electron chi connectivity index (χ4n) is 5.74. The fourth-order valence-corrected chi connectivity index (χ4v) is 5.74. The molecule has 1 saturated heterocycles. The van der Waals surface area contributed by atoms with Crippen LogP contribution in [-0.4, -0.2) is 84.0 Å². The van der Waals surface area contributed by atoms with Gasteiger partial charge >= 0.3 is 12.1 Å². The SMILES string of the molecule is CNC[C@@H](Cn1c(C)nc2cc(F)cc(-c3ccc(C)c(N[C@H]4C[C@@H](C(=O)OC)N(C(=O)OCc5ccccc5)C4)n3)c21)OC. The van der Waals surface area contributed by atoms with Crippen molar-refractivity contribution >= 4 is 28.9 Å². The molecule has 2 aromatic carbocycles. The van der Waals surface area contributed by atoms with Gasteiger partial charge in [-0.15, -0.1) is 0 Å². The molecule has 0 saturated carbocycles. The van der Waals surface area contributed by atoms with Crippen LogP contribution in [0.4, 0.5) is 15.0 Å². The van der Waals surface area contributed by atoms with E-state index >= 15 is 0 Å². The number of methoxy groups -OCH3 is 2. The number of carbonyl (C=O) groups is 2. The maximum absolute atomic E-state index is 14.9. The lowest BCUT2D eigenvalue weighted by molar-refractivity contribution is -0.145. The zero-order valence-corrected chi connectivity index (χ0v) is 26.2. The van der Waals surface area contributed by atoms with Crippen molar-refractivity contribution < 1.29 is 28.2 Å². The summed E-state index contributed by atoms with van der Waals surface area (Å²) in [6, 6.07) is 14.9. The van der Waals surface area contributed by atoms with Crippen molar-refractivity contribution in [2.75, 3.05) is 39.7 Å². The molecule has 4 aromatic rings. The van der Waals surface area contributed by atoms with Gasteiger partial charge in [-0.25, -0.2) is 23.9 Å². The number of amides is 1. The Bertz CT molecular complexity index is 1660. The van der Waals surface area contributed by atoms with Crippen molar-refractivity contribution in [3.63, 3.8) is 0 Å². The molecule has 5 rings (SSSR count). The van der Waals surface area contributed by atoms with E-state index in [1.807, 2.05) is 67.9 Å². The second-order valence-electron chi connectivity index (χ2n) is 11.2. The van der Waals surface area contributed by atoms with Crippen molar-refractivity contribution in [2.24, 2.45) is 0 Å². The van der Waals surface area contributed by atoms with Crippen molar-refractivity contribution in [3.8, 4) is 11.3 Å². The van der Waals surface area contributed by atoms with E-state index < -0.39 is 23.9 Å². The smallest absolute Gasteiger partial charge is 0.410 e. The molecule has 238 valence electrons. The average Bonchev–Trinajstić information content (AvgIpc) is 3.60. The van der Waals surface area contributed by atoms with Gasteiger partial charge in [0.1, 0.15) is 30.1 Å². The van der Waals surface area contributed by atoms with Crippen LogP contribution in [0.5, 0.6) is 0 Å². The number of hydrogen-bond donors (Lipinski definition) is 2. The van der Waals surface area contributed by atoms with Gasteiger partial charge in [-0.2, -0.15) is 0 Å². The number of rotatable bonds is 11. The van der Waals surface area contributed by atoms with E-state index in [1.165, 1.54) is 24.1 Å². The maximum atomic E-state index is 14.9. The Balaban J connectivity index is 1.41. The van der Waals surface area contributed by atoms with Gasteiger partial charge < -0.3 is 29.4 Å². The fraction of sp³-hybridized carbons (Fsp3) is 0.394. The van der Waals surface area contributed by atoms with E-state index in [1.54, 1.807) is 7.11 Å². The largest absolute Gasteiger partial charge is 0.467 e. The van der Waals surface area contributed by atoms with Gasteiger partial charge in [-0.1, -0.05) is 36.4 Å². The number of likely N-dealkylation sites (tertiary alicyclic amines) is 1. The molecule has 12 heteroatoms. The predicted molar refractivity (Wildman–Crippen MR) is 168 cm³/mol. The first kappa shape index (κ1) is 31.9. The summed E-state index contributed by atoms with van der Waals surface area (Å²) in [5, 5.41) is 6.55. The molecule has 1 aliphatic heterocycles. The van der Waals surface area contributed by atoms with E-state index in [0.717, 1.165) is 22.5 Å². The van der Waals surface area contributed by atoms with Crippen LogP contribution >= 0.6 is 0 Å². The van der Waals surface area contributed by atoms with Crippen LogP contribution in [-0.2, 0) is 32.2 Å². The minimum Gasteiger partial charge on any atom is -0.467 e. The molecule has 2 N–H and O–H groups in total. The molecule has 1 amide bonds. The summed E-state index contributed by atoms with van der Waals surface area (Å²) in [7, 11) is 4.82. The molecule has 45 heavy (non-hydrogen) atoms. The third-order valence-corrected chi connectivity index (χ3v) is 8.08. The number of nitrogens with one attached hydrogen (secondary N) is 2. The number of aromatic nitrogens is 3. The first-order valence-electron chi connectivity index (χ1n) is 14.9. The summed E-state index contributed by atoms with van der Waals surface area (Å²) < 4.78 is 33.1. The van der Waals surface area contributed by atoms with Gasteiger partial charge in [0, 0.05) is 44.3 Å². The monoisotopic (exact) mass is 618 g/mol. The highest BCUT2D eigenvalue weighted by molar-refractivity contribution is 5.92. The number of nitrogens with zero attached hydrogens (tertiary/aromatic N) is 4. The molecule has 0 bridgehead atoms. The topological polar surface area (TPSA) is 120 Å². The van der Waals surface area contributed by atoms with Crippen LogP contribution in [0.15, 0.2) is 54.6 Å². The summed E-state index contributed by atoms with van der Waals surface area (Å²) in [4.78, 5) is 36.7. The standard InChI is InChI=1S/C33H39FN6O5/c1-20-11-12-27(26-13-23(34)14-28-30(26)39(21(2)36-28)18-25(43-4)16-35-3)38-31(20)37-24-15-29(32(41)44-5)40(17-24)33(42)45-19-22-9-7-6-8-10-22/h6-14,24-25,29,35H,15-19H2,1-5H3,(H,37,38)/t24-,25-,29-/m0/s1. The molecule has 0 unspecified atom stereocenters. The molecule has 3 atom stereocenters. The predicted octanol–water partition coefficient (Wildman–Crippen LogP) is 4.45. The number of fused-ring (bicyclic) bond motifs is 1. The average molecular weight is 619 g/mol. The minimum absolute atomic E-state index is 0.0864. The molecule has 0 aliphatic carbocycles. The van der Waals surface area contributed by atoms with Crippen molar-refractivity contribution in [2.45, 2.75) is 51.6 Å². The van der Waals surface area contributed by atoms with Gasteiger partial charge in [0.05, 0.1) is 36.5 Å². The van der Waals surface area contributed by atoms with Crippen molar-refractivity contribution in [3.05, 3.63) is 77.4 Å². The number of benzene rings is 2. The molecule has 11 nitrogen and oxygen atoms in total. The summed E-state index contributed by atoms with van der Waals surface area (Å²) in [5.74, 6) is 0.358. The van der Waals surface area contributed by atoms with E-state index in [9.17, 15) is 14.0 Å². The van der Waals surface area contributed by atoms with Gasteiger partial charge in [0.2, 0.25) is 0 Å². The molecule has 3 heterocycles. The second kappa shape index (κ2) is 14.0. The number of pyridine rings is 1. The molecular weight excluding hydrogens is 579 g/mol. The lowest BCUT2D eigenvalue weighted by atomic mass is 10.1. The minimum atomic E-state index is -0.814. The Hall–Kier alpha value is -4.55. The van der Waals surface area contributed by atoms with Gasteiger partial charge in [0.15, 0.2) is 0 Å². The Kier molecular flexibility index (Phi) is 9.94. The number of ether oxygens (including phenoxy) is 3. The van der Waals surface area contributed by atoms with Crippen LogP contribution in [0.3, 0.4) is 0 Å². The third kappa shape index (κ3) is 7.07. The second-order valence-corrected chi connectivity index (χ2v) is 11.2. The third-order valence-electron chi connectivity index (χ3n) is 8.08. The number of esters is 1. The summed E-state index contributed by atoms with van der Waals surface area (Å²) in [5.41, 5.74) is 4.13. The van der Waals surface area contributed by atoms with Gasteiger partial charge in [0.25, 0.3) is 0 Å². The Morgan fingerprint density at radius 3 is 2.58 bits per heavy atom. The van der Waals surface area contributed by atoms with E-state index in [0.29, 0.717) is 42.1 Å². The zero-order valence-electron chi connectivity index (χ0n) is 26.2. The first-order chi connectivity index (χ1) is 21.7. The lowest BCUT2D eigenvalue weighted by Crippen LogP contribution is -2.41. The Morgan fingerprint density at radius 1 is 1.09 bits per heavy atom. The highest BCUT2D eigenvalue weighted by Crippen LogP contribution is 2.32. The molecule has 2 aromatic heterocycles. The highest BCUT2D eigenvalue weighted by atomic mass is 19.1. The number of anilines is 1. The molecular formula is C33H39FN6O5. The number of likely N-dealkylation sites (N-methyl/N-ethyl adjacent to an activating group) is 1. The molecule has 1 aliphatic rings. The summed E-state index contributed by atoms with van der Waals surface area (Å²) in [6.07, 6.45) is -0.423. The highest BCUT2D eigenvalue weighted by Gasteiger charge is 2.41. The first-order valence-corrected chi connectivity index (χ1v) is 14.9. The quantitative estimate of drug-likeness (QED) is 0.235. The summed E-state index contributed by atoms with van der Waals surface area (Å²) >= 11 is 0.